The topological polar surface area (TPSA) is 65.1 Å². The molecular formula is C19H27NO5. The minimum atomic E-state index is -0.331. The fraction of sp³-hybridized carbons (Fsp3) is 0.579. The van der Waals surface area contributed by atoms with E-state index in [4.69, 9.17) is 9.47 Å². The van der Waals surface area contributed by atoms with Crippen LogP contribution >= 0.6 is 0 Å². The Labute approximate surface area is 149 Å². The number of carbonyl (C=O) groups is 2. The summed E-state index contributed by atoms with van der Waals surface area (Å²) in [7, 11) is 1.35. The maximum atomic E-state index is 12.6. The standard InChI is InChI=1S/C19H27NO5/c1-14(2)8-10-24-16-6-4-15(5-7-16)19(22)20-9-11-25-17(13-20)12-18(21)23-3/h4-7,14,17H,8-13H2,1-3H3. The van der Waals surface area contributed by atoms with Crippen LogP contribution in [0.2, 0.25) is 0 Å². The number of methoxy groups -OCH3 is 1. The van der Waals surface area contributed by atoms with Crippen LogP contribution in [0.15, 0.2) is 24.3 Å². The number of ether oxygens (including phenoxy) is 3. The molecule has 0 aromatic heterocycles. The normalized spacial score (nSPS) is 17.4. The molecule has 25 heavy (non-hydrogen) atoms. The van der Waals surface area contributed by atoms with Crippen molar-refractivity contribution in [2.24, 2.45) is 5.92 Å². The molecule has 1 aromatic carbocycles. The van der Waals surface area contributed by atoms with Gasteiger partial charge in [0, 0.05) is 18.7 Å². The molecule has 0 aliphatic carbocycles. The number of hydrogen-bond acceptors (Lipinski definition) is 5. The van der Waals surface area contributed by atoms with E-state index >= 15 is 0 Å². The third kappa shape index (κ3) is 6.05. The molecule has 1 aliphatic heterocycles. The fourth-order valence-corrected chi connectivity index (χ4v) is 2.59. The monoisotopic (exact) mass is 349 g/mol. The Bertz CT molecular complexity index is 570. The van der Waals surface area contributed by atoms with Crippen molar-refractivity contribution in [2.45, 2.75) is 32.8 Å². The third-order valence-electron chi connectivity index (χ3n) is 4.11. The highest BCUT2D eigenvalue weighted by molar-refractivity contribution is 5.94. The van der Waals surface area contributed by atoms with Crippen LogP contribution in [0, 0.1) is 5.92 Å². The number of hydrogen-bond donors (Lipinski definition) is 0. The lowest BCUT2D eigenvalue weighted by atomic mass is 10.1. The molecular weight excluding hydrogens is 322 g/mol. The summed E-state index contributed by atoms with van der Waals surface area (Å²) in [5.41, 5.74) is 0.606. The average Bonchev–Trinajstić information content (AvgIpc) is 2.61. The Balaban J connectivity index is 1.89. The number of carbonyl (C=O) groups excluding carboxylic acids is 2. The van der Waals surface area contributed by atoms with Crippen LogP contribution < -0.4 is 4.74 Å². The van der Waals surface area contributed by atoms with Crippen molar-refractivity contribution in [3.63, 3.8) is 0 Å². The first-order valence-electron chi connectivity index (χ1n) is 8.70. The Hall–Kier alpha value is -2.08. The molecule has 0 saturated carbocycles. The molecule has 6 heteroatoms. The first-order valence-corrected chi connectivity index (χ1v) is 8.70. The van der Waals surface area contributed by atoms with Gasteiger partial charge in [-0.15, -0.1) is 0 Å². The van der Waals surface area contributed by atoms with Gasteiger partial charge in [-0.1, -0.05) is 13.8 Å². The minimum absolute atomic E-state index is 0.0631. The minimum Gasteiger partial charge on any atom is -0.494 e. The number of rotatable bonds is 7. The van der Waals surface area contributed by atoms with Crippen LogP contribution in [0.25, 0.3) is 0 Å². The highest BCUT2D eigenvalue weighted by Gasteiger charge is 2.26. The summed E-state index contributed by atoms with van der Waals surface area (Å²) in [6.07, 6.45) is 0.836. The Morgan fingerprint density at radius 1 is 1.28 bits per heavy atom. The lowest BCUT2D eigenvalue weighted by molar-refractivity contribution is -0.145. The van der Waals surface area contributed by atoms with E-state index in [1.54, 1.807) is 17.0 Å². The first-order chi connectivity index (χ1) is 12.0. The van der Waals surface area contributed by atoms with Crippen LogP contribution in [-0.4, -0.2) is 56.3 Å². The molecule has 2 rings (SSSR count). The van der Waals surface area contributed by atoms with Crippen molar-refractivity contribution in [2.75, 3.05) is 33.4 Å². The lowest BCUT2D eigenvalue weighted by Crippen LogP contribution is -2.46. The van der Waals surface area contributed by atoms with Crippen LogP contribution in [0.4, 0.5) is 0 Å². The largest absolute Gasteiger partial charge is 0.494 e. The summed E-state index contributed by atoms with van der Waals surface area (Å²) >= 11 is 0. The zero-order chi connectivity index (χ0) is 18.2. The number of morpholine rings is 1. The summed E-state index contributed by atoms with van der Waals surface area (Å²) in [6.45, 7) is 6.30. The zero-order valence-corrected chi connectivity index (χ0v) is 15.2. The maximum absolute atomic E-state index is 12.6. The Morgan fingerprint density at radius 3 is 2.64 bits per heavy atom. The molecule has 1 saturated heterocycles. The smallest absolute Gasteiger partial charge is 0.308 e. The number of nitrogens with zero attached hydrogens (tertiary/aromatic N) is 1. The van der Waals surface area contributed by atoms with Crippen molar-refractivity contribution in [3.05, 3.63) is 29.8 Å². The molecule has 0 spiro atoms. The third-order valence-corrected chi connectivity index (χ3v) is 4.11. The highest BCUT2D eigenvalue weighted by atomic mass is 16.5. The molecule has 1 unspecified atom stereocenters. The second kappa shape index (κ2) is 9.42. The van der Waals surface area contributed by atoms with Gasteiger partial charge < -0.3 is 19.1 Å². The molecule has 0 bridgehead atoms. The molecule has 1 atom stereocenters. The number of esters is 1. The predicted octanol–water partition coefficient (Wildman–Crippen LogP) is 2.52. The van der Waals surface area contributed by atoms with Crippen molar-refractivity contribution in [1.29, 1.82) is 0 Å². The zero-order valence-electron chi connectivity index (χ0n) is 15.2. The van der Waals surface area contributed by atoms with Gasteiger partial charge in [0.05, 0.1) is 32.8 Å². The SMILES string of the molecule is COC(=O)CC1CN(C(=O)c2ccc(OCCC(C)C)cc2)CCO1. The number of amides is 1. The quantitative estimate of drug-likeness (QED) is 0.708. The second-order valence-electron chi connectivity index (χ2n) is 6.58. The van der Waals surface area contributed by atoms with E-state index in [1.165, 1.54) is 7.11 Å². The van der Waals surface area contributed by atoms with Gasteiger partial charge in [-0.2, -0.15) is 0 Å². The van der Waals surface area contributed by atoms with Crippen LogP contribution in [0.5, 0.6) is 5.75 Å². The van der Waals surface area contributed by atoms with Crippen molar-refractivity contribution < 1.29 is 23.8 Å². The van der Waals surface area contributed by atoms with Gasteiger partial charge in [-0.3, -0.25) is 9.59 Å². The van der Waals surface area contributed by atoms with Gasteiger partial charge in [0.1, 0.15) is 5.75 Å². The van der Waals surface area contributed by atoms with E-state index in [-0.39, 0.29) is 24.4 Å². The molecule has 1 amide bonds. The molecule has 1 aromatic rings. The molecule has 1 fully saturated rings. The van der Waals surface area contributed by atoms with Crippen LogP contribution in [-0.2, 0) is 14.3 Å². The fourth-order valence-electron chi connectivity index (χ4n) is 2.59. The number of benzene rings is 1. The summed E-state index contributed by atoms with van der Waals surface area (Å²) in [4.78, 5) is 25.7. The van der Waals surface area contributed by atoms with Crippen molar-refractivity contribution in [3.8, 4) is 5.75 Å². The van der Waals surface area contributed by atoms with E-state index < -0.39 is 0 Å². The van der Waals surface area contributed by atoms with E-state index in [2.05, 4.69) is 18.6 Å². The van der Waals surface area contributed by atoms with Crippen molar-refractivity contribution >= 4 is 11.9 Å². The van der Waals surface area contributed by atoms with Gasteiger partial charge >= 0.3 is 5.97 Å². The predicted molar refractivity (Wildman–Crippen MR) is 93.7 cm³/mol. The van der Waals surface area contributed by atoms with E-state index in [0.717, 1.165) is 12.2 Å². The molecule has 0 N–H and O–H groups in total. The lowest BCUT2D eigenvalue weighted by Gasteiger charge is -2.32. The summed E-state index contributed by atoms with van der Waals surface area (Å²) in [5, 5.41) is 0. The van der Waals surface area contributed by atoms with Gasteiger partial charge in [0.2, 0.25) is 0 Å². The van der Waals surface area contributed by atoms with Crippen molar-refractivity contribution in [1.82, 2.24) is 4.90 Å². The van der Waals surface area contributed by atoms with Gasteiger partial charge in [0.25, 0.3) is 5.91 Å². The maximum Gasteiger partial charge on any atom is 0.308 e. The van der Waals surface area contributed by atoms with Crippen LogP contribution in [0.3, 0.4) is 0 Å². The molecule has 0 radical (unpaired) electrons. The first kappa shape index (κ1) is 19.2. The molecule has 138 valence electrons. The van der Waals surface area contributed by atoms with E-state index in [1.807, 2.05) is 12.1 Å². The molecule has 6 nitrogen and oxygen atoms in total. The average molecular weight is 349 g/mol. The summed E-state index contributed by atoms with van der Waals surface area (Å²) in [5.74, 6) is 0.969. The summed E-state index contributed by atoms with van der Waals surface area (Å²) < 4.78 is 15.9. The Kier molecular flexibility index (Phi) is 7.25. The molecule has 1 aliphatic rings. The van der Waals surface area contributed by atoms with Gasteiger partial charge in [-0.05, 0) is 36.6 Å². The Morgan fingerprint density at radius 2 is 2.00 bits per heavy atom. The summed E-state index contributed by atoms with van der Waals surface area (Å²) in [6, 6.07) is 7.19. The van der Waals surface area contributed by atoms with E-state index in [0.29, 0.717) is 37.8 Å². The second-order valence-corrected chi connectivity index (χ2v) is 6.58. The van der Waals surface area contributed by atoms with Gasteiger partial charge in [0.15, 0.2) is 0 Å². The van der Waals surface area contributed by atoms with E-state index in [9.17, 15) is 9.59 Å². The highest BCUT2D eigenvalue weighted by Crippen LogP contribution is 2.17. The van der Waals surface area contributed by atoms with Crippen LogP contribution in [0.1, 0.15) is 37.0 Å². The molecule has 1 heterocycles. The van der Waals surface area contributed by atoms with Gasteiger partial charge in [-0.25, -0.2) is 0 Å².